The fourth-order valence-electron chi connectivity index (χ4n) is 4.36. The first kappa shape index (κ1) is 18.5. The highest BCUT2D eigenvalue weighted by Gasteiger charge is 2.25. The lowest BCUT2D eigenvalue weighted by molar-refractivity contribution is 0.0749. The van der Waals surface area contributed by atoms with E-state index in [0.29, 0.717) is 12.5 Å². The van der Waals surface area contributed by atoms with Crippen molar-refractivity contribution in [1.82, 2.24) is 14.8 Å². The lowest BCUT2D eigenvalue weighted by Gasteiger charge is -2.40. The van der Waals surface area contributed by atoms with E-state index in [0.717, 1.165) is 42.7 Å². The van der Waals surface area contributed by atoms with Crippen molar-refractivity contribution in [2.24, 2.45) is 0 Å². The maximum absolute atomic E-state index is 5.74. The summed E-state index contributed by atoms with van der Waals surface area (Å²) in [6.07, 6.45) is 8.85. The average molecular weight is 370 g/mol. The van der Waals surface area contributed by atoms with Crippen molar-refractivity contribution in [3.05, 3.63) is 36.2 Å². The molecular formula is C22H31N3O2. The van der Waals surface area contributed by atoms with E-state index in [9.17, 15) is 0 Å². The summed E-state index contributed by atoms with van der Waals surface area (Å²) in [6, 6.07) is 8.78. The highest BCUT2D eigenvalue weighted by molar-refractivity contribution is 5.56. The van der Waals surface area contributed by atoms with Crippen LogP contribution in [0.15, 0.2) is 34.9 Å². The first-order valence-corrected chi connectivity index (χ1v) is 10.5. The van der Waals surface area contributed by atoms with Crippen LogP contribution in [0.2, 0.25) is 0 Å². The number of hydrogen-bond donors (Lipinski definition) is 0. The Morgan fingerprint density at radius 1 is 1.11 bits per heavy atom. The van der Waals surface area contributed by atoms with E-state index in [1.54, 1.807) is 6.26 Å². The molecular weight excluding hydrogens is 338 g/mol. The van der Waals surface area contributed by atoms with Gasteiger partial charge >= 0.3 is 0 Å². The molecule has 2 fully saturated rings. The first-order valence-electron chi connectivity index (χ1n) is 10.5. The molecule has 1 aliphatic heterocycles. The molecule has 0 atom stereocenters. The van der Waals surface area contributed by atoms with E-state index in [4.69, 9.17) is 14.1 Å². The van der Waals surface area contributed by atoms with Crippen molar-refractivity contribution in [3.8, 4) is 17.2 Å². The second-order valence-electron chi connectivity index (χ2n) is 7.71. The Bertz CT molecular complexity index is 716. The van der Waals surface area contributed by atoms with Gasteiger partial charge in [-0.15, -0.1) is 0 Å². The minimum Gasteiger partial charge on any atom is -0.494 e. The zero-order valence-corrected chi connectivity index (χ0v) is 16.4. The number of aromatic nitrogens is 1. The van der Waals surface area contributed by atoms with Crippen LogP contribution in [-0.2, 0) is 6.54 Å². The van der Waals surface area contributed by atoms with Gasteiger partial charge in [-0.1, -0.05) is 25.3 Å². The maximum Gasteiger partial charge on any atom is 0.226 e. The van der Waals surface area contributed by atoms with Crippen LogP contribution in [0.4, 0.5) is 0 Å². The van der Waals surface area contributed by atoms with Gasteiger partial charge in [-0.05, 0) is 38.0 Å². The first-order chi connectivity index (χ1) is 13.3. The van der Waals surface area contributed by atoms with E-state index < -0.39 is 0 Å². The van der Waals surface area contributed by atoms with Crippen molar-refractivity contribution in [1.29, 1.82) is 0 Å². The number of piperazine rings is 1. The second-order valence-corrected chi connectivity index (χ2v) is 7.71. The number of oxazole rings is 1. The van der Waals surface area contributed by atoms with E-state index in [1.807, 2.05) is 31.2 Å². The molecule has 2 aromatic rings. The number of benzene rings is 1. The molecule has 2 aliphatic rings. The third kappa shape index (κ3) is 4.71. The number of nitrogens with zero attached hydrogens (tertiary/aromatic N) is 3. The Balaban J connectivity index is 1.31. The Morgan fingerprint density at radius 2 is 1.93 bits per heavy atom. The average Bonchev–Trinajstić information content (AvgIpc) is 3.18. The minimum absolute atomic E-state index is 0.660. The fourth-order valence-corrected chi connectivity index (χ4v) is 4.36. The van der Waals surface area contributed by atoms with Gasteiger partial charge in [0, 0.05) is 44.3 Å². The van der Waals surface area contributed by atoms with E-state index in [2.05, 4.69) is 9.80 Å². The van der Waals surface area contributed by atoms with Crippen LogP contribution in [0.25, 0.3) is 11.5 Å². The molecule has 2 heterocycles. The quantitative estimate of drug-likeness (QED) is 0.764. The van der Waals surface area contributed by atoms with Crippen LogP contribution in [0, 0.1) is 0 Å². The molecule has 1 saturated heterocycles. The van der Waals surface area contributed by atoms with Gasteiger partial charge in [-0.3, -0.25) is 9.80 Å². The highest BCUT2D eigenvalue weighted by Crippen LogP contribution is 2.25. The molecule has 27 heavy (non-hydrogen) atoms. The molecule has 0 bridgehead atoms. The third-order valence-electron chi connectivity index (χ3n) is 5.83. The van der Waals surface area contributed by atoms with Crippen molar-refractivity contribution >= 4 is 0 Å². The summed E-state index contributed by atoms with van der Waals surface area (Å²) in [6.45, 7) is 8.14. The number of rotatable bonds is 6. The molecule has 1 aromatic heterocycles. The van der Waals surface area contributed by atoms with Gasteiger partial charge in [0.2, 0.25) is 5.89 Å². The van der Waals surface area contributed by atoms with Gasteiger partial charge in [0.25, 0.3) is 0 Å². The SMILES string of the molecule is CCOc1cccc(-c2nc(CN3CCN(C4CCCCC4)CC3)co2)c1. The normalized spacial score (nSPS) is 20.0. The molecule has 0 spiro atoms. The van der Waals surface area contributed by atoms with Crippen LogP contribution >= 0.6 is 0 Å². The van der Waals surface area contributed by atoms with Crippen LogP contribution in [0.1, 0.15) is 44.7 Å². The number of hydrogen-bond acceptors (Lipinski definition) is 5. The predicted octanol–water partition coefficient (Wildman–Crippen LogP) is 4.19. The maximum atomic E-state index is 5.74. The zero-order valence-electron chi connectivity index (χ0n) is 16.4. The summed E-state index contributed by atoms with van der Waals surface area (Å²) in [5, 5.41) is 0. The van der Waals surface area contributed by atoms with Crippen LogP contribution < -0.4 is 4.74 Å². The standard InChI is InChI=1S/C22H31N3O2/c1-2-26-21-10-6-7-18(15-21)22-23-19(17-27-22)16-24-11-13-25(14-12-24)20-8-4-3-5-9-20/h6-7,10,15,17,20H,2-5,8-9,11-14,16H2,1H3. The summed E-state index contributed by atoms with van der Waals surface area (Å²) < 4.78 is 11.3. The molecule has 0 unspecified atom stereocenters. The van der Waals surface area contributed by atoms with Crippen molar-refractivity contribution < 1.29 is 9.15 Å². The Labute approximate surface area is 162 Å². The molecule has 1 aliphatic carbocycles. The highest BCUT2D eigenvalue weighted by atomic mass is 16.5. The van der Waals surface area contributed by atoms with Crippen molar-refractivity contribution in [2.45, 2.75) is 51.6 Å². The fraction of sp³-hybridized carbons (Fsp3) is 0.591. The van der Waals surface area contributed by atoms with Gasteiger partial charge in [-0.2, -0.15) is 0 Å². The molecule has 1 saturated carbocycles. The minimum atomic E-state index is 0.660. The largest absolute Gasteiger partial charge is 0.494 e. The smallest absolute Gasteiger partial charge is 0.226 e. The lowest BCUT2D eigenvalue weighted by atomic mass is 9.94. The molecule has 5 heteroatoms. The Hall–Kier alpha value is -1.85. The van der Waals surface area contributed by atoms with E-state index >= 15 is 0 Å². The van der Waals surface area contributed by atoms with Gasteiger partial charge in [-0.25, -0.2) is 4.98 Å². The summed E-state index contributed by atoms with van der Waals surface area (Å²) in [5.41, 5.74) is 1.98. The molecule has 5 nitrogen and oxygen atoms in total. The zero-order chi connectivity index (χ0) is 18.5. The van der Waals surface area contributed by atoms with Gasteiger partial charge < -0.3 is 9.15 Å². The van der Waals surface area contributed by atoms with Gasteiger partial charge in [0.05, 0.1) is 12.3 Å². The molecule has 146 valence electrons. The Kier molecular flexibility index (Phi) is 6.10. The number of ether oxygens (including phenoxy) is 1. The van der Waals surface area contributed by atoms with Gasteiger partial charge in [0.1, 0.15) is 12.0 Å². The van der Waals surface area contributed by atoms with Gasteiger partial charge in [0.15, 0.2) is 0 Å². The molecule has 0 N–H and O–H groups in total. The topological polar surface area (TPSA) is 41.7 Å². The van der Waals surface area contributed by atoms with Crippen LogP contribution in [-0.4, -0.2) is 53.6 Å². The summed E-state index contributed by atoms with van der Waals surface area (Å²) >= 11 is 0. The van der Waals surface area contributed by atoms with E-state index in [1.165, 1.54) is 45.2 Å². The Morgan fingerprint density at radius 3 is 2.70 bits per heavy atom. The van der Waals surface area contributed by atoms with E-state index in [-0.39, 0.29) is 0 Å². The third-order valence-corrected chi connectivity index (χ3v) is 5.83. The summed E-state index contributed by atoms with van der Waals surface area (Å²) in [5.74, 6) is 1.53. The summed E-state index contributed by atoms with van der Waals surface area (Å²) in [4.78, 5) is 9.92. The molecule has 1 aromatic carbocycles. The monoisotopic (exact) mass is 369 g/mol. The molecule has 0 radical (unpaired) electrons. The second kappa shape index (κ2) is 8.89. The van der Waals surface area contributed by atoms with Crippen molar-refractivity contribution in [3.63, 3.8) is 0 Å². The predicted molar refractivity (Wildman–Crippen MR) is 107 cm³/mol. The lowest BCUT2D eigenvalue weighted by Crippen LogP contribution is -2.50. The molecule has 0 amide bonds. The van der Waals surface area contributed by atoms with Crippen LogP contribution in [0.3, 0.4) is 0 Å². The van der Waals surface area contributed by atoms with Crippen LogP contribution in [0.5, 0.6) is 5.75 Å². The molecule has 4 rings (SSSR count). The summed E-state index contributed by atoms with van der Waals surface area (Å²) in [7, 11) is 0. The van der Waals surface area contributed by atoms with Crippen molar-refractivity contribution in [2.75, 3.05) is 32.8 Å².